The number of rotatable bonds is 3. The minimum Gasteiger partial charge on any atom is -0.403 e. The number of benzene rings is 2. The molecule has 0 saturated heterocycles. The average molecular weight is 272 g/mol. The number of nitrogens with one attached hydrogen (secondary N) is 1. The van der Waals surface area contributed by atoms with Crippen LogP contribution in [0.2, 0.25) is 5.02 Å². The Hall–Kier alpha value is -2.33. The molecule has 0 aliphatic carbocycles. The Morgan fingerprint density at radius 3 is 2.37 bits per heavy atom. The highest BCUT2D eigenvalue weighted by molar-refractivity contribution is 6.30. The third kappa shape index (κ3) is 2.74. The zero-order chi connectivity index (χ0) is 13.1. The van der Waals surface area contributed by atoms with E-state index in [1.165, 1.54) is 0 Å². The third-order valence-electron chi connectivity index (χ3n) is 2.54. The molecule has 3 rings (SSSR count). The SMILES string of the molecule is Clc1ccc(Nc2nnc(-c3ccccc3)o2)cc1. The normalized spacial score (nSPS) is 10.4. The summed E-state index contributed by atoms with van der Waals surface area (Å²) >= 11 is 5.82. The molecule has 0 amide bonds. The molecule has 0 spiro atoms. The van der Waals surface area contributed by atoms with Crippen molar-refractivity contribution in [1.29, 1.82) is 0 Å². The van der Waals surface area contributed by atoms with Gasteiger partial charge >= 0.3 is 6.01 Å². The Balaban J connectivity index is 1.80. The van der Waals surface area contributed by atoms with Crippen molar-refractivity contribution in [2.24, 2.45) is 0 Å². The summed E-state index contributed by atoms with van der Waals surface area (Å²) in [4.78, 5) is 0. The fraction of sp³-hybridized carbons (Fsp3) is 0. The van der Waals surface area contributed by atoms with Gasteiger partial charge in [-0.3, -0.25) is 0 Å². The molecule has 0 bridgehead atoms. The van der Waals surface area contributed by atoms with Crippen LogP contribution in [0.15, 0.2) is 59.0 Å². The second kappa shape index (κ2) is 5.12. The van der Waals surface area contributed by atoms with E-state index in [-0.39, 0.29) is 0 Å². The van der Waals surface area contributed by atoms with E-state index >= 15 is 0 Å². The Bertz CT molecular complexity index is 665. The van der Waals surface area contributed by atoms with E-state index in [4.69, 9.17) is 16.0 Å². The fourth-order valence-corrected chi connectivity index (χ4v) is 1.75. The number of halogens is 1. The van der Waals surface area contributed by atoms with Crippen molar-refractivity contribution in [2.75, 3.05) is 5.32 Å². The maximum atomic E-state index is 5.82. The minimum atomic E-state index is 0.348. The summed E-state index contributed by atoms with van der Waals surface area (Å²) in [6, 6.07) is 17.2. The van der Waals surface area contributed by atoms with Crippen molar-refractivity contribution in [3.05, 3.63) is 59.6 Å². The molecule has 1 aromatic heterocycles. The van der Waals surface area contributed by atoms with E-state index in [1.807, 2.05) is 42.5 Å². The highest BCUT2D eigenvalue weighted by atomic mass is 35.5. The first-order valence-corrected chi connectivity index (χ1v) is 6.10. The van der Waals surface area contributed by atoms with Crippen LogP contribution in [0, 0.1) is 0 Å². The Morgan fingerprint density at radius 1 is 0.895 bits per heavy atom. The summed E-state index contributed by atoms with van der Waals surface area (Å²) in [5, 5.41) is 11.6. The Morgan fingerprint density at radius 2 is 1.63 bits per heavy atom. The van der Waals surface area contributed by atoms with E-state index in [0.29, 0.717) is 16.9 Å². The molecule has 94 valence electrons. The molecule has 5 heteroatoms. The summed E-state index contributed by atoms with van der Waals surface area (Å²) in [5.74, 6) is 0.483. The van der Waals surface area contributed by atoms with Crippen LogP contribution >= 0.6 is 11.6 Å². The first-order valence-electron chi connectivity index (χ1n) is 5.73. The van der Waals surface area contributed by atoms with Crippen LogP contribution < -0.4 is 5.32 Å². The van der Waals surface area contributed by atoms with Crippen molar-refractivity contribution in [2.45, 2.75) is 0 Å². The standard InChI is InChI=1S/C14H10ClN3O/c15-11-6-8-12(9-7-11)16-14-18-17-13(19-14)10-4-2-1-3-5-10/h1-9H,(H,16,18). The van der Waals surface area contributed by atoms with Crippen LogP contribution in [-0.4, -0.2) is 10.2 Å². The van der Waals surface area contributed by atoms with E-state index in [0.717, 1.165) is 11.3 Å². The van der Waals surface area contributed by atoms with Crippen molar-refractivity contribution < 1.29 is 4.42 Å². The van der Waals surface area contributed by atoms with Crippen LogP contribution in [0.25, 0.3) is 11.5 Å². The number of nitrogens with zero attached hydrogens (tertiary/aromatic N) is 2. The summed E-state index contributed by atoms with van der Waals surface area (Å²) in [6.07, 6.45) is 0. The maximum Gasteiger partial charge on any atom is 0.320 e. The van der Waals surface area contributed by atoms with E-state index in [9.17, 15) is 0 Å². The molecule has 2 aromatic carbocycles. The fourth-order valence-electron chi connectivity index (χ4n) is 1.63. The predicted octanol–water partition coefficient (Wildman–Crippen LogP) is 4.13. The largest absolute Gasteiger partial charge is 0.403 e. The molecular formula is C14H10ClN3O. The van der Waals surface area contributed by atoms with Gasteiger partial charge in [0.15, 0.2) is 0 Å². The van der Waals surface area contributed by atoms with Crippen molar-refractivity contribution in [3.8, 4) is 11.5 Å². The maximum absolute atomic E-state index is 5.82. The number of anilines is 2. The number of hydrogen-bond donors (Lipinski definition) is 1. The summed E-state index contributed by atoms with van der Waals surface area (Å²) in [5.41, 5.74) is 1.73. The summed E-state index contributed by atoms with van der Waals surface area (Å²) in [6.45, 7) is 0. The topological polar surface area (TPSA) is 51.0 Å². The molecule has 1 N–H and O–H groups in total. The third-order valence-corrected chi connectivity index (χ3v) is 2.79. The lowest BCUT2D eigenvalue weighted by molar-refractivity contribution is 0.587. The van der Waals surface area contributed by atoms with E-state index in [1.54, 1.807) is 12.1 Å². The number of aromatic nitrogens is 2. The summed E-state index contributed by atoms with van der Waals surface area (Å²) in [7, 11) is 0. The van der Waals surface area contributed by atoms with Gasteiger partial charge in [-0.25, -0.2) is 0 Å². The zero-order valence-electron chi connectivity index (χ0n) is 9.88. The van der Waals surface area contributed by atoms with Crippen molar-refractivity contribution in [1.82, 2.24) is 10.2 Å². The van der Waals surface area contributed by atoms with Crippen LogP contribution in [0.4, 0.5) is 11.7 Å². The predicted molar refractivity (Wildman–Crippen MR) is 74.5 cm³/mol. The molecule has 4 nitrogen and oxygen atoms in total. The smallest absolute Gasteiger partial charge is 0.320 e. The van der Waals surface area contributed by atoms with Crippen molar-refractivity contribution >= 4 is 23.3 Å². The minimum absolute atomic E-state index is 0.348. The van der Waals surface area contributed by atoms with Crippen LogP contribution in [0.1, 0.15) is 0 Å². The zero-order valence-corrected chi connectivity index (χ0v) is 10.6. The second-order valence-corrected chi connectivity index (χ2v) is 4.35. The van der Waals surface area contributed by atoms with Crippen molar-refractivity contribution in [3.63, 3.8) is 0 Å². The van der Waals surface area contributed by atoms with Crippen LogP contribution in [0.3, 0.4) is 0 Å². The number of hydrogen-bond acceptors (Lipinski definition) is 4. The molecular weight excluding hydrogens is 262 g/mol. The molecule has 1 heterocycles. The van der Waals surface area contributed by atoms with Gasteiger partial charge in [-0.05, 0) is 36.4 Å². The Kier molecular flexibility index (Phi) is 3.16. The molecule has 19 heavy (non-hydrogen) atoms. The summed E-state index contributed by atoms with van der Waals surface area (Å²) < 4.78 is 5.54. The van der Waals surface area contributed by atoms with Crippen LogP contribution in [0.5, 0.6) is 0 Å². The van der Waals surface area contributed by atoms with Gasteiger partial charge < -0.3 is 9.73 Å². The van der Waals surface area contributed by atoms with Gasteiger partial charge in [-0.2, -0.15) is 0 Å². The highest BCUT2D eigenvalue weighted by Gasteiger charge is 2.07. The molecule has 0 fully saturated rings. The quantitative estimate of drug-likeness (QED) is 0.778. The van der Waals surface area contributed by atoms with E-state index in [2.05, 4.69) is 15.5 Å². The molecule has 0 aliphatic heterocycles. The van der Waals surface area contributed by atoms with Gasteiger partial charge in [-0.15, -0.1) is 5.10 Å². The first-order chi connectivity index (χ1) is 9.31. The lowest BCUT2D eigenvalue weighted by atomic mass is 10.2. The van der Waals surface area contributed by atoms with Gasteiger partial charge in [0.2, 0.25) is 5.89 Å². The first kappa shape index (κ1) is 11.7. The van der Waals surface area contributed by atoms with E-state index < -0.39 is 0 Å². The van der Waals surface area contributed by atoms with Gasteiger partial charge in [-0.1, -0.05) is 34.9 Å². The molecule has 0 atom stereocenters. The molecule has 3 aromatic rings. The second-order valence-electron chi connectivity index (χ2n) is 3.91. The van der Waals surface area contributed by atoms with Gasteiger partial charge in [0, 0.05) is 16.3 Å². The highest BCUT2D eigenvalue weighted by Crippen LogP contribution is 2.22. The van der Waals surface area contributed by atoms with Gasteiger partial charge in [0.25, 0.3) is 0 Å². The molecule has 0 aliphatic rings. The monoisotopic (exact) mass is 271 g/mol. The van der Waals surface area contributed by atoms with Crippen LogP contribution in [-0.2, 0) is 0 Å². The molecule has 0 radical (unpaired) electrons. The van der Waals surface area contributed by atoms with Gasteiger partial charge in [0.1, 0.15) is 0 Å². The van der Waals surface area contributed by atoms with Gasteiger partial charge in [0.05, 0.1) is 0 Å². The average Bonchev–Trinajstić information content (AvgIpc) is 2.91. The molecule has 0 saturated carbocycles. The lowest BCUT2D eigenvalue weighted by Crippen LogP contribution is -1.89. The molecule has 0 unspecified atom stereocenters. The lowest BCUT2D eigenvalue weighted by Gasteiger charge is -2.00. The Labute approximate surface area is 115 Å².